The van der Waals surface area contributed by atoms with Crippen LogP contribution in [0.5, 0.6) is 0 Å². The Morgan fingerprint density at radius 1 is 1.18 bits per heavy atom. The number of halogens is 3. The fourth-order valence-corrected chi connectivity index (χ4v) is 1.45. The maximum Gasteiger partial charge on any atom is 0.416 e. The SMILES string of the molecule is CC(C)(O)CNCc1ccccc1C(F)(F)F. The van der Waals surface area contributed by atoms with Crippen LogP contribution in [0.4, 0.5) is 13.2 Å². The molecule has 0 fully saturated rings. The summed E-state index contributed by atoms with van der Waals surface area (Å²) in [5.74, 6) is 0. The molecule has 0 spiro atoms. The summed E-state index contributed by atoms with van der Waals surface area (Å²) in [5.41, 5.74) is -1.39. The molecule has 0 radical (unpaired) electrons. The van der Waals surface area contributed by atoms with Crippen LogP contribution in [0.15, 0.2) is 24.3 Å². The van der Waals surface area contributed by atoms with Gasteiger partial charge in [0.05, 0.1) is 11.2 Å². The molecular weight excluding hydrogens is 231 g/mol. The third-order valence-corrected chi connectivity index (χ3v) is 2.20. The minimum Gasteiger partial charge on any atom is -0.389 e. The zero-order valence-corrected chi connectivity index (χ0v) is 9.80. The lowest BCUT2D eigenvalue weighted by Gasteiger charge is -2.19. The standard InChI is InChI=1S/C12H16F3NO/c1-11(2,17)8-16-7-9-5-3-4-6-10(9)12(13,14)15/h3-6,16-17H,7-8H2,1-2H3. The number of hydrogen-bond acceptors (Lipinski definition) is 2. The summed E-state index contributed by atoms with van der Waals surface area (Å²) in [4.78, 5) is 0. The lowest BCUT2D eigenvalue weighted by molar-refractivity contribution is -0.138. The first-order valence-corrected chi connectivity index (χ1v) is 5.28. The second-order valence-corrected chi connectivity index (χ2v) is 4.57. The monoisotopic (exact) mass is 247 g/mol. The minimum absolute atomic E-state index is 0.0830. The molecule has 1 aromatic carbocycles. The van der Waals surface area contributed by atoms with E-state index in [2.05, 4.69) is 5.32 Å². The van der Waals surface area contributed by atoms with Crippen molar-refractivity contribution in [2.45, 2.75) is 32.2 Å². The van der Waals surface area contributed by atoms with E-state index < -0.39 is 17.3 Å². The van der Waals surface area contributed by atoms with Crippen LogP contribution in [0.2, 0.25) is 0 Å². The van der Waals surface area contributed by atoms with Gasteiger partial charge in [-0.3, -0.25) is 0 Å². The fraction of sp³-hybridized carbons (Fsp3) is 0.500. The van der Waals surface area contributed by atoms with Gasteiger partial charge in [-0.25, -0.2) is 0 Å². The van der Waals surface area contributed by atoms with E-state index in [4.69, 9.17) is 0 Å². The number of rotatable bonds is 4. The van der Waals surface area contributed by atoms with Crippen LogP contribution >= 0.6 is 0 Å². The molecule has 0 aromatic heterocycles. The minimum atomic E-state index is -4.34. The Kier molecular flexibility index (Phi) is 4.16. The third-order valence-electron chi connectivity index (χ3n) is 2.20. The molecule has 0 aliphatic heterocycles. The summed E-state index contributed by atoms with van der Waals surface area (Å²) in [5, 5.41) is 12.2. The van der Waals surface area contributed by atoms with Crippen LogP contribution in [0.25, 0.3) is 0 Å². The molecule has 0 bridgehead atoms. The average molecular weight is 247 g/mol. The molecule has 0 heterocycles. The van der Waals surface area contributed by atoms with Crippen molar-refractivity contribution in [3.63, 3.8) is 0 Å². The van der Waals surface area contributed by atoms with Gasteiger partial charge in [0.1, 0.15) is 0 Å². The highest BCUT2D eigenvalue weighted by molar-refractivity contribution is 5.29. The summed E-state index contributed by atoms with van der Waals surface area (Å²) in [6.07, 6.45) is -4.34. The predicted molar refractivity (Wildman–Crippen MR) is 59.4 cm³/mol. The summed E-state index contributed by atoms with van der Waals surface area (Å²) in [7, 11) is 0. The van der Waals surface area contributed by atoms with E-state index in [0.717, 1.165) is 6.07 Å². The Balaban J connectivity index is 2.72. The van der Waals surface area contributed by atoms with Gasteiger partial charge in [0, 0.05) is 13.1 Å². The Morgan fingerprint density at radius 3 is 2.29 bits per heavy atom. The molecule has 0 aliphatic carbocycles. The van der Waals surface area contributed by atoms with E-state index in [1.807, 2.05) is 0 Å². The van der Waals surface area contributed by atoms with Crippen LogP contribution in [0.3, 0.4) is 0 Å². The van der Waals surface area contributed by atoms with Crippen LogP contribution in [0, 0.1) is 0 Å². The van der Waals surface area contributed by atoms with Crippen LogP contribution in [-0.4, -0.2) is 17.3 Å². The molecule has 17 heavy (non-hydrogen) atoms. The average Bonchev–Trinajstić information content (AvgIpc) is 2.15. The lowest BCUT2D eigenvalue weighted by Crippen LogP contribution is -2.34. The smallest absolute Gasteiger partial charge is 0.389 e. The first-order chi connectivity index (χ1) is 7.70. The van der Waals surface area contributed by atoms with Crippen LogP contribution in [-0.2, 0) is 12.7 Å². The molecule has 2 nitrogen and oxygen atoms in total. The van der Waals surface area contributed by atoms with Crippen molar-refractivity contribution in [2.75, 3.05) is 6.54 Å². The van der Waals surface area contributed by atoms with E-state index in [9.17, 15) is 18.3 Å². The second-order valence-electron chi connectivity index (χ2n) is 4.57. The summed E-state index contributed by atoms with van der Waals surface area (Å²) >= 11 is 0. The van der Waals surface area contributed by atoms with Gasteiger partial charge in [0.15, 0.2) is 0 Å². The Bertz CT molecular complexity index is 369. The second kappa shape index (κ2) is 5.06. The normalized spacial score (nSPS) is 12.8. The van der Waals surface area contributed by atoms with Gasteiger partial charge < -0.3 is 10.4 Å². The maximum atomic E-state index is 12.6. The number of nitrogens with one attached hydrogen (secondary N) is 1. The van der Waals surface area contributed by atoms with Crippen molar-refractivity contribution in [3.8, 4) is 0 Å². The molecule has 96 valence electrons. The molecule has 0 atom stereocenters. The molecule has 0 saturated carbocycles. The number of alkyl halides is 3. The topological polar surface area (TPSA) is 32.3 Å². The van der Waals surface area contributed by atoms with Crippen molar-refractivity contribution in [3.05, 3.63) is 35.4 Å². The van der Waals surface area contributed by atoms with Gasteiger partial charge in [-0.1, -0.05) is 18.2 Å². The largest absolute Gasteiger partial charge is 0.416 e. The summed E-state index contributed by atoms with van der Waals surface area (Å²) < 4.78 is 37.9. The maximum absolute atomic E-state index is 12.6. The first-order valence-electron chi connectivity index (χ1n) is 5.28. The van der Waals surface area contributed by atoms with Gasteiger partial charge >= 0.3 is 6.18 Å². The Hall–Kier alpha value is -1.07. The van der Waals surface area contributed by atoms with E-state index in [1.165, 1.54) is 12.1 Å². The van der Waals surface area contributed by atoms with E-state index >= 15 is 0 Å². The molecular formula is C12H16F3NO. The van der Waals surface area contributed by atoms with Gasteiger partial charge in [0.25, 0.3) is 0 Å². The fourth-order valence-electron chi connectivity index (χ4n) is 1.45. The molecule has 0 unspecified atom stereocenters. The van der Waals surface area contributed by atoms with E-state index in [0.29, 0.717) is 0 Å². The molecule has 0 amide bonds. The predicted octanol–water partition coefficient (Wildman–Crippen LogP) is 2.57. The lowest BCUT2D eigenvalue weighted by atomic mass is 10.1. The van der Waals surface area contributed by atoms with Crippen LogP contribution < -0.4 is 5.32 Å². The van der Waals surface area contributed by atoms with Crippen molar-refractivity contribution >= 4 is 0 Å². The highest BCUT2D eigenvalue weighted by atomic mass is 19.4. The van der Waals surface area contributed by atoms with Gasteiger partial charge in [0.2, 0.25) is 0 Å². The quantitative estimate of drug-likeness (QED) is 0.857. The van der Waals surface area contributed by atoms with Crippen molar-refractivity contribution in [2.24, 2.45) is 0 Å². The third kappa shape index (κ3) is 4.75. The number of benzene rings is 1. The number of aliphatic hydroxyl groups is 1. The molecule has 0 saturated heterocycles. The van der Waals surface area contributed by atoms with Crippen molar-refractivity contribution in [1.82, 2.24) is 5.32 Å². The van der Waals surface area contributed by atoms with Crippen molar-refractivity contribution in [1.29, 1.82) is 0 Å². The zero-order valence-electron chi connectivity index (χ0n) is 9.80. The molecule has 2 N–H and O–H groups in total. The highest BCUT2D eigenvalue weighted by Crippen LogP contribution is 2.31. The van der Waals surface area contributed by atoms with Gasteiger partial charge in [-0.05, 0) is 25.5 Å². The zero-order chi connectivity index (χ0) is 13.1. The highest BCUT2D eigenvalue weighted by Gasteiger charge is 2.32. The van der Waals surface area contributed by atoms with Crippen molar-refractivity contribution < 1.29 is 18.3 Å². The van der Waals surface area contributed by atoms with Crippen LogP contribution in [0.1, 0.15) is 25.0 Å². The van der Waals surface area contributed by atoms with Gasteiger partial charge in [-0.2, -0.15) is 13.2 Å². The van der Waals surface area contributed by atoms with E-state index in [1.54, 1.807) is 19.9 Å². The Morgan fingerprint density at radius 2 is 1.76 bits per heavy atom. The molecule has 1 aromatic rings. The molecule has 5 heteroatoms. The molecule has 1 rings (SSSR count). The van der Waals surface area contributed by atoms with Gasteiger partial charge in [-0.15, -0.1) is 0 Å². The molecule has 0 aliphatic rings. The van der Waals surface area contributed by atoms with E-state index in [-0.39, 0.29) is 18.7 Å². The first kappa shape index (κ1) is 14.0. The summed E-state index contributed by atoms with van der Waals surface area (Å²) in [6.45, 7) is 3.50. The Labute approximate surface area is 98.5 Å². The summed E-state index contributed by atoms with van der Waals surface area (Å²) in [6, 6.07) is 5.42. The number of hydrogen-bond donors (Lipinski definition) is 2.